The van der Waals surface area contributed by atoms with Gasteiger partial charge in [-0.1, -0.05) is 0 Å². The summed E-state index contributed by atoms with van der Waals surface area (Å²) in [5.74, 6) is 0.0978. The van der Waals surface area contributed by atoms with E-state index in [1.54, 1.807) is 42.1 Å². The van der Waals surface area contributed by atoms with Gasteiger partial charge < -0.3 is 14.0 Å². The maximum Gasteiger partial charge on any atom is 0.286 e. The average molecular weight is 303 g/mol. The molecule has 22 heavy (non-hydrogen) atoms. The fourth-order valence-electron chi connectivity index (χ4n) is 1.92. The molecule has 2 amide bonds. The Morgan fingerprint density at radius 2 is 1.68 bits per heavy atom. The first kappa shape index (κ1) is 15.4. The van der Waals surface area contributed by atoms with Gasteiger partial charge in [-0.3, -0.25) is 20.4 Å². The summed E-state index contributed by atoms with van der Waals surface area (Å²) in [5, 5.41) is 0. The minimum absolute atomic E-state index is 0.338. The first-order chi connectivity index (χ1) is 10.6. The lowest BCUT2D eigenvalue weighted by molar-refractivity contribution is 0.0842. The third kappa shape index (κ3) is 3.20. The van der Waals surface area contributed by atoms with E-state index in [1.807, 2.05) is 0 Å². The summed E-state index contributed by atoms with van der Waals surface area (Å²) in [4.78, 5) is 23.9. The fourth-order valence-corrected chi connectivity index (χ4v) is 1.92. The molecular weight excluding hydrogens is 286 g/mol. The summed E-state index contributed by atoms with van der Waals surface area (Å²) >= 11 is 0. The maximum atomic E-state index is 12.0. The minimum Gasteiger partial charge on any atom is -0.493 e. The number of benzene rings is 1. The Balaban J connectivity index is 2.03. The molecule has 1 heterocycles. The van der Waals surface area contributed by atoms with Gasteiger partial charge in [0.15, 0.2) is 11.5 Å². The zero-order valence-corrected chi connectivity index (χ0v) is 12.5. The van der Waals surface area contributed by atoms with Gasteiger partial charge in [0.25, 0.3) is 11.8 Å². The van der Waals surface area contributed by atoms with Gasteiger partial charge in [-0.05, 0) is 30.3 Å². The summed E-state index contributed by atoms with van der Waals surface area (Å²) < 4.78 is 11.9. The number of nitrogens with zero attached hydrogens (tertiary/aromatic N) is 1. The van der Waals surface area contributed by atoms with Crippen LogP contribution in [-0.2, 0) is 7.05 Å². The van der Waals surface area contributed by atoms with Crippen LogP contribution in [0.2, 0.25) is 0 Å². The zero-order valence-electron chi connectivity index (χ0n) is 12.5. The molecule has 1 aromatic heterocycles. The molecule has 2 N–H and O–H groups in total. The predicted octanol–water partition coefficient (Wildman–Crippen LogP) is 1.12. The number of aryl methyl sites for hydroxylation is 1. The van der Waals surface area contributed by atoms with Crippen molar-refractivity contribution in [3.05, 3.63) is 47.8 Å². The van der Waals surface area contributed by atoms with E-state index in [-0.39, 0.29) is 0 Å². The van der Waals surface area contributed by atoms with Crippen molar-refractivity contribution in [1.82, 2.24) is 15.4 Å². The summed E-state index contributed by atoms with van der Waals surface area (Å²) in [6.45, 7) is 0. The van der Waals surface area contributed by atoms with Crippen molar-refractivity contribution in [2.45, 2.75) is 0 Å². The van der Waals surface area contributed by atoms with Gasteiger partial charge in [0.1, 0.15) is 5.69 Å². The molecule has 0 aliphatic rings. The third-order valence-corrected chi connectivity index (χ3v) is 3.11. The Labute approximate surface area is 127 Å². The summed E-state index contributed by atoms with van der Waals surface area (Å²) in [7, 11) is 4.74. The van der Waals surface area contributed by atoms with Crippen LogP contribution in [0, 0.1) is 0 Å². The Bertz CT molecular complexity index is 694. The van der Waals surface area contributed by atoms with E-state index in [4.69, 9.17) is 9.47 Å². The number of methoxy groups -OCH3 is 2. The topological polar surface area (TPSA) is 81.6 Å². The molecule has 0 fully saturated rings. The number of rotatable bonds is 4. The fraction of sp³-hybridized carbons (Fsp3) is 0.200. The number of nitrogens with one attached hydrogen (secondary N) is 2. The number of carbonyl (C=O) groups excluding carboxylic acids is 2. The van der Waals surface area contributed by atoms with Gasteiger partial charge >= 0.3 is 0 Å². The van der Waals surface area contributed by atoms with Crippen LogP contribution in [0.3, 0.4) is 0 Å². The van der Waals surface area contributed by atoms with Gasteiger partial charge in [0.2, 0.25) is 0 Å². The molecule has 0 aliphatic heterocycles. The van der Waals surface area contributed by atoms with E-state index in [0.29, 0.717) is 22.8 Å². The number of hydrogen-bond acceptors (Lipinski definition) is 4. The molecule has 1 aromatic carbocycles. The van der Waals surface area contributed by atoms with Gasteiger partial charge in [0.05, 0.1) is 14.2 Å². The molecule has 0 spiro atoms. The molecule has 0 aliphatic carbocycles. The van der Waals surface area contributed by atoms with E-state index >= 15 is 0 Å². The van der Waals surface area contributed by atoms with Crippen molar-refractivity contribution in [1.29, 1.82) is 0 Å². The van der Waals surface area contributed by atoms with Crippen molar-refractivity contribution in [2.75, 3.05) is 14.2 Å². The van der Waals surface area contributed by atoms with Crippen LogP contribution in [0.15, 0.2) is 36.5 Å². The molecular formula is C15H17N3O4. The number of hydrazine groups is 1. The summed E-state index contributed by atoms with van der Waals surface area (Å²) in [6, 6.07) is 8.12. The van der Waals surface area contributed by atoms with Crippen molar-refractivity contribution < 1.29 is 19.1 Å². The molecule has 2 rings (SSSR count). The van der Waals surface area contributed by atoms with E-state index in [1.165, 1.54) is 20.3 Å². The smallest absolute Gasteiger partial charge is 0.286 e. The van der Waals surface area contributed by atoms with Crippen LogP contribution in [0.1, 0.15) is 20.8 Å². The van der Waals surface area contributed by atoms with Crippen LogP contribution in [0.25, 0.3) is 0 Å². The molecule has 116 valence electrons. The van der Waals surface area contributed by atoms with Gasteiger partial charge in [0, 0.05) is 18.8 Å². The summed E-state index contributed by atoms with van der Waals surface area (Å²) in [5.41, 5.74) is 5.49. The number of ether oxygens (including phenoxy) is 2. The quantitative estimate of drug-likeness (QED) is 0.829. The SMILES string of the molecule is COc1ccc(C(=O)NNC(=O)c2cccn2C)cc1OC. The van der Waals surface area contributed by atoms with Gasteiger partial charge in [-0.15, -0.1) is 0 Å². The zero-order chi connectivity index (χ0) is 16.1. The molecule has 0 radical (unpaired) electrons. The van der Waals surface area contributed by atoms with Crippen molar-refractivity contribution >= 4 is 11.8 Å². The normalized spacial score (nSPS) is 9.95. The summed E-state index contributed by atoms with van der Waals surface area (Å²) in [6.07, 6.45) is 1.74. The van der Waals surface area contributed by atoms with E-state index in [9.17, 15) is 9.59 Å². The largest absolute Gasteiger partial charge is 0.493 e. The Morgan fingerprint density at radius 3 is 2.27 bits per heavy atom. The van der Waals surface area contributed by atoms with Crippen LogP contribution in [0.4, 0.5) is 0 Å². The molecule has 2 aromatic rings. The van der Waals surface area contributed by atoms with Crippen LogP contribution < -0.4 is 20.3 Å². The van der Waals surface area contributed by atoms with Crippen LogP contribution in [0.5, 0.6) is 11.5 Å². The van der Waals surface area contributed by atoms with E-state index < -0.39 is 11.8 Å². The molecule has 0 saturated carbocycles. The highest BCUT2D eigenvalue weighted by Gasteiger charge is 2.13. The number of amides is 2. The highest BCUT2D eigenvalue weighted by Crippen LogP contribution is 2.27. The van der Waals surface area contributed by atoms with Crippen LogP contribution in [-0.4, -0.2) is 30.6 Å². The molecule has 0 unspecified atom stereocenters. The lowest BCUT2D eigenvalue weighted by Gasteiger charge is -2.11. The number of aromatic nitrogens is 1. The highest BCUT2D eigenvalue weighted by molar-refractivity contribution is 5.98. The Hall–Kier alpha value is -2.96. The Kier molecular flexibility index (Phi) is 4.67. The average Bonchev–Trinajstić information content (AvgIpc) is 2.97. The predicted molar refractivity (Wildman–Crippen MR) is 79.9 cm³/mol. The molecule has 0 bridgehead atoms. The molecule has 0 atom stereocenters. The molecule has 0 saturated heterocycles. The number of carbonyl (C=O) groups is 2. The van der Waals surface area contributed by atoms with E-state index in [0.717, 1.165) is 0 Å². The minimum atomic E-state index is -0.455. The first-order valence-electron chi connectivity index (χ1n) is 6.51. The first-order valence-corrected chi connectivity index (χ1v) is 6.51. The third-order valence-electron chi connectivity index (χ3n) is 3.11. The van der Waals surface area contributed by atoms with Gasteiger partial charge in [-0.25, -0.2) is 0 Å². The second kappa shape index (κ2) is 6.66. The lowest BCUT2D eigenvalue weighted by Crippen LogP contribution is -2.42. The lowest BCUT2D eigenvalue weighted by atomic mass is 10.2. The van der Waals surface area contributed by atoms with Crippen molar-refractivity contribution in [3.63, 3.8) is 0 Å². The second-order valence-electron chi connectivity index (χ2n) is 4.48. The maximum absolute atomic E-state index is 12.0. The molecule has 7 nitrogen and oxygen atoms in total. The standard InChI is InChI=1S/C15H17N3O4/c1-18-8-4-5-11(18)15(20)17-16-14(19)10-6-7-12(21-2)13(9-10)22-3/h4-9H,1-3H3,(H,16,19)(H,17,20). The molecule has 7 heteroatoms. The van der Waals surface area contributed by atoms with E-state index in [2.05, 4.69) is 10.9 Å². The Morgan fingerprint density at radius 1 is 1.00 bits per heavy atom. The van der Waals surface area contributed by atoms with Crippen LogP contribution >= 0.6 is 0 Å². The van der Waals surface area contributed by atoms with Gasteiger partial charge in [-0.2, -0.15) is 0 Å². The second-order valence-corrected chi connectivity index (χ2v) is 4.48. The number of hydrogen-bond donors (Lipinski definition) is 2. The van der Waals surface area contributed by atoms with Crippen molar-refractivity contribution in [3.8, 4) is 11.5 Å². The highest BCUT2D eigenvalue weighted by atomic mass is 16.5. The van der Waals surface area contributed by atoms with Crippen molar-refractivity contribution in [2.24, 2.45) is 7.05 Å². The monoisotopic (exact) mass is 303 g/mol.